The first-order valence-corrected chi connectivity index (χ1v) is 6.42. The quantitative estimate of drug-likeness (QED) is 0.874. The van der Waals surface area contributed by atoms with E-state index in [0.717, 1.165) is 17.0 Å². The summed E-state index contributed by atoms with van der Waals surface area (Å²) in [5.41, 5.74) is 1.86. The Labute approximate surface area is 116 Å². The molecule has 2 N–H and O–H groups in total. The summed E-state index contributed by atoms with van der Waals surface area (Å²) in [6.45, 7) is 7.68. The zero-order valence-electron chi connectivity index (χ0n) is 11.9. The summed E-state index contributed by atoms with van der Waals surface area (Å²) in [7, 11) is 0. The molecule has 2 unspecified atom stereocenters. The fraction of sp³-hybridized carbons (Fsp3) is 0.429. The number of carboxylic acids is 1. The molecule has 2 heterocycles. The number of rotatable bonds is 5. The monoisotopic (exact) mass is 278 g/mol. The Bertz CT molecular complexity index is 595. The van der Waals surface area contributed by atoms with Crippen molar-refractivity contribution in [2.75, 3.05) is 0 Å². The van der Waals surface area contributed by atoms with Crippen molar-refractivity contribution in [3.63, 3.8) is 0 Å². The summed E-state index contributed by atoms with van der Waals surface area (Å²) in [6, 6.07) is 3.03. The Morgan fingerprint density at radius 1 is 1.30 bits per heavy atom. The number of carbonyl (C=O) groups is 1. The largest absolute Gasteiger partial charge is 0.475 e. The van der Waals surface area contributed by atoms with Gasteiger partial charge in [0.2, 0.25) is 5.76 Å². The van der Waals surface area contributed by atoms with Gasteiger partial charge in [-0.15, -0.1) is 0 Å². The Kier molecular flexibility index (Phi) is 3.94. The van der Waals surface area contributed by atoms with Crippen molar-refractivity contribution in [3.05, 3.63) is 40.7 Å². The molecule has 0 aromatic carbocycles. The molecule has 0 spiro atoms. The zero-order chi connectivity index (χ0) is 14.9. The van der Waals surface area contributed by atoms with Gasteiger partial charge in [0.05, 0.1) is 11.7 Å². The molecule has 0 amide bonds. The molecule has 20 heavy (non-hydrogen) atoms. The second-order valence-corrected chi connectivity index (χ2v) is 4.86. The van der Waals surface area contributed by atoms with Crippen molar-refractivity contribution in [1.82, 2.24) is 10.5 Å². The van der Waals surface area contributed by atoms with E-state index in [-0.39, 0.29) is 17.8 Å². The van der Waals surface area contributed by atoms with Crippen LogP contribution in [0.4, 0.5) is 0 Å². The number of nitrogens with one attached hydrogen (secondary N) is 1. The number of hydrogen-bond acceptors (Lipinski definition) is 5. The Hall–Kier alpha value is -2.08. The number of nitrogens with zero attached hydrogens (tertiary/aromatic N) is 1. The molecule has 0 fully saturated rings. The van der Waals surface area contributed by atoms with E-state index >= 15 is 0 Å². The van der Waals surface area contributed by atoms with Crippen molar-refractivity contribution < 1.29 is 18.8 Å². The van der Waals surface area contributed by atoms with Gasteiger partial charge in [0, 0.05) is 11.6 Å². The molecule has 0 aliphatic heterocycles. The van der Waals surface area contributed by atoms with Crippen LogP contribution in [-0.4, -0.2) is 16.2 Å². The minimum absolute atomic E-state index is 0.0228. The number of aromatic nitrogens is 1. The summed E-state index contributed by atoms with van der Waals surface area (Å²) in [6.07, 6.45) is 0. The average molecular weight is 278 g/mol. The van der Waals surface area contributed by atoms with Gasteiger partial charge in [-0.05, 0) is 39.8 Å². The van der Waals surface area contributed by atoms with Crippen LogP contribution in [0, 0.1) is 13.8 Å². The first kappa shape index (κ1) is 14.3. The molecule has 2 rings (SSSR count). The van der Waals surface area contributed by atoms with Gasteiger partial charge in [-0.1, -0.05) is 5.16 Å². The highest BCUT2D eigenvalue weighted by Gasteiger charge is 2.20. The molecule has 0 bridgehead atoms. The van der Waals surface area contributed by atoms with Crippen molar-refractivity contribution in [3.8, 4) is 0 Å². The summed E-state index contributed by atoms with van der Waals surface area (Å²) in [4.78, 5) is 10.8. The van der Waals surface area contributed by atoms with Crippen LogP contribution in [0.2, 0.25) is 0 Å². The second kappa shape index (κ2) is 5.50. The van der Waals surface area contributed by atoms with E-state index < -0.39 is 5.97 Å². The lowest BCUT2D eigenvalue weighted by atomic mass is 10.1. The van der Waals surface area contributed by atoms with Crippen LogP contribution in [0.25, 0.3) is 0 Å². The maximum atomic E-state index is 10.8. The molecule has 2 aromatic rings. The van der Waals surface area contributed by atoms with Crippen LogP contribution in [0.15, 0.2) is 21.1 Å². The van der Waals surface area contributed by atoms with E-state index in [1.165, 1.54) is 6.07 Å². The number of carboxylic acid groups (broad SMARTS) is 1. The fourth-order valence-electron chi connectivity index (χ4n) is 2.35. The van der Waals surface area contributed by atoms with Crippen molar-refractivity contribution in [2.45, 2.75) is 39.8 Å². The third-order valence-electron chi connectivity index (χ3n) is 3.29. The van der Waals surface area contributed by atoms with E-state index in [9.17, 15) is 4.79 Å². The summed E-state index contributed by atoms with van der Waals surface area (Å²) < 4.78 is 10.4. The third kappa shape index (κ3) is 2.75. The number of aryl methyl sites for hydroxylation is 2. The summed E-state index contributed by atoms with van der Waals surface area (Å²) in [5, 5.41) is 16.1. The van der Waals surface area contributed by atoms with E-state index in [0.29, 0.717) is 5.76 Å². The van der Waals surface area contributed by atoms with Crippen LogP contribution >= 0.6 is 0 Å². The highest BCUT2D eigenvalue weighted by Crippen LogP contribution is 2.25. The Balaban J connectivity index is 2.10. The second-order valence-electron chi connectivity index (χ2n) is 4.86. The van der Waals surface area contributed by atoms with E-state index in [1.54, 1.807) is 6.07 Å². The molecule has 0 radical (unpaired) electrons. The smallest absolute Gasteiger partial charge is 0.371 e. The molecule has 6 nitrogen and oxygen atoms in total. The zero-order valence-corrected chi connectivity index (χ0v) is 11.9. The molecular weight excluding hydrogens is 260 g/mol. The molecule has 0 saturated carbocycles. The highest BCUT2D eigenvalue weighted by atomic mass is 16.5. The van der Waals surface area contributed by atoms with Gasteiger partial charge >= 0.3 is 5.97 Å². The molecule has 2 atom stereocenters. The number of aromatic carboxylic acids is 1. The first-order valence-electron chi connectivity index (χ1n) is 6.42. The standard InChI is InChI=1S/C14H18N2O4/c1-7(11-5-6-12(19-11)14(17)18)15-8(2)13-9(3)16-20-10(13)4/h5-8,15H,1-4H3,(H,17,18). The van der Waals surface area contributed by atoms with Gasteiger partial charge in [-0.2, -0.15) is 0 Å². The van der Waals surface area contributed by atoms with Gasteiger partial charge in [-0.3, -0.25) is 0 Å². The Morgan fingerprint density at radius 2 is 2.00 bits per heavy atom. The normalized spacial score (nSPS) is 14.2. The molecule has 0 aliphatic carbocycles. The topological polar surface area (TPSA) is 88.5 Å². The van der Waals surface area contributed by atoms with Crippen LogP contribution in [0.5, 0.6) is 0 Å². The third-order valence-corrected chi connectivity index (χ3v) is 3.29. The lowest BCUT2D eigenvalue weighted by Gasteiger charge is -2.18. The lowest BCUT2D eigenvalue weighted by Crippen LogP contribution is -2.23. The molecule has 2 aromatic heterocycles. The minimum atomic E-state index is -1.07. The van der Waals surface area contributed by atoms with Crippen LogP contribution in [0.3, 0.4) is 0 Å². The van der Waals surface area contributed by atoms with E-state index in [2.05, 4.69) is 10.5 Å². The van der Waals surface area contributed by atoms with E-state index in [1.807, 2.05) is 27.7 Å². The number of furan rings is 1. The first-order chi connectivity index (χ1) is 9.40. The maximum Gasteiger partial charge on any atom is 0.371 e. The SMILES string of the molecule is Cc1noc(C)c1C(C)NC(C)c1ccc(C(=O)O)o1. The number of hydrogen-bond donors (Lipinski definition) is 2. The van der Waals surface area contributed by atoms with Crippen molar-refractivity contribution >= 4 is 5.97 Å². The molecule has 108 valence electrons. The Morgan fingerprint density at radius 3 is 2.50 bits per heavy atom. The molecular formula is C14H18N2O4. The van der Waals surface area contributed by atoms with Crippen LogP contribution in [-0.2, 0) is 0 Å². The molecule has 0 saturated heterocycles. The van der Waals surface area contributed by atoms with Crippen molar-refractivity contribution in [1.29, 1.82) is 0 Å². The van der Waals surface area contributed by atoms with Gasteiger partial charge in [0.15, 0.2) is 0 Å². The molecule has 0 aliphatic rings. The van der Waals surface area contributed by atoms with Crippen molar-refractivity contribution in [2.24, 2.45) is 0 Å². The van der Waals surface area contributed by atoms with Gasteiger partial charge < -0.3 is 19.4 Å². The van der Waals surface area contributed by atoms with Crippen LogP contribution < -0.4 is 5.32 Å². The predicted octanol–water partition coefficient (Wildman–Crippen LogP) is 2.99. The van der Waals surface area contributed by atoms with Gasteiger partial charge in [0.25, 0.3) is 0 Å². The van der Waals surface area contributed by atoms with Gasteiger partial charge in [-0.25, -0.2) is 4.79 Å². The van der Waals surface area contributed by atoms with Crippen LogP contribution in [0.1, 0.15) is 59.3 Å². The minimum Gasteiger partial charge on any atom is -0.475 e. The van der Waals surface area contributed by atoms with E-state index in [4.69, 9.17) is 14.0 Å². The summed E-state index contributed by atoms with van der Waals surface area (Å²) >= 11 is 0. The lowest BCUT2D eigenvalue weighted by molar-refractivity contribution is 0.0659. The maximum absolute atomic E-state index is 10.8. The average Bonchev–Trinajstić information content (AvgIpc) is 2.96. The fourth-order valence-corrected chi connectivity index (χ4v) is 2.35. The predicted molar refractivity (Wildman–Crippen MR) is 71.6 cm³/mol. The summed E-state index contributed by atoms with van der Waals surface area (Å²) in [5.74, 6) is 0.238. The van der Waals surface area contributed by atoms with Gasteiger partial charge in [0.1, 0.15) is 11.5 Å². The highest BCUT2D eigenvalue weighted by molar-refractivity contribution is 5.84. The molecule has 6 heteroatoms.